The third kappa shape index (κ3) is 4.09. The van der Waals surface area contributed by atoms with Crippen molar-refractivity contribution in [2.75, 3.05) is 25.2 Å². The van der Waals surface area contributed by atoms with E-state index in [1.807, 2.05) is 0 Å². The van der Waals surface area contributed by atoms with Gasteiger partial charge >= 0.3 is 5.69 Å². The molecule has 2 heterocycles. The Labute approximate surface area is 143 Å². The first-order valence-electron chi connectivity index (χ1n) is 7.12. The fourth-order valence-corrected chi connectivity index (χ4v) is 2.38. The number of aryl methyl sites for hydroxylation is 1. The summed E-state index contributed by atoms with van der Waals surface area (Å²) in [6.45, 7) is 1.89. The van der Waals surface area contributed by atoms with Gasteiger partial charge in [-0.25, -0.2) is 4.98 Å². The molecule has 9 heteroatoms. The molecular formula is C15H17ClN4O4. The summed E-state index contributed by atoms with van der Waals surface area (Å²) in [6, 6.07) is 4.90. The summed E-state index contributed by atoms with van der Waals surface area (Å²) in [4.78, 5) is 20.8. The number of hydrogen-bond donors (Lipinski definition) is 1. The van der Waals surface area contributed by atoms with Crippen LogP contribution in [0.4, 0.5) is 11.5 Å². The van der Waals surface area contributed by atoms with E-state index < -0.39 is 4.92 Å². The molecule has 128 valence electrons. The largest absolute Gasteiger partial charge is 0.481 e. The molecule has 2 aromatic heterocycles. The number of ether oxygens (including phenoxy) is 1. The number of aliphatic hydroxyl groups is 1. The molecule has 0 bridgehead atoms. The third-order valence-corrected chi connectivity index (χ3v) is 3.59. The highest BCUT2D eigenvalue weighted by molar-refractivity contribution is 6.29. The Morgan fingerprint density at radius 1 is 1.46 bits per heavy atom. The van der Waals surface area contributed by atoms with Crippen LogP contribution in [-0.4, -0.2) is 40.3 Å². The van der Waals surface area contributed by atoms with E-state index in [1.54, 1.807) is 30.2 Å². The Hall–Kier alpha value is -2.45. The van der Waals surface area contributed by atoms with E-state index in [1.165, 1.54) is 13.2 Å². The minimum atomic E-state index is -0.485. The molecular weight excluding hydrogens is 336 g/mol. The van der Waals surface area contributed by atoms with Crippen LogP contribution >= 0.6 is 11.6 Å². The number of aromatic nitrogens is 2. The van der Waals surface area contributed by atoms with Crippen LogP contribution in [0.2, 0.25) is 5.15 Å². The maximum atomic E-state index is 11.5. The molecule has 1 N–H and O–H groups in total. The molecule has 8 nitrogen and oxygen atoms in total. The molecule has 0 fully saturated rings. The molecule has 0 saturated carbocycles. The van der Waals surface area contributed by atoms with Crippen molar-refractivity contribution in [2.24, 2.45) is 0 Å². The molecule has 0 saturated heterocycles. The average Bonchev–Trinajstić information content (AvgIpc) is 2.55. The maximum Gasteiger partial charge on any atom is 0.314 e. The van der Waals surface area contributed by atoms with E-state index in [0.29, 0.717) is 10.7 Å². The summed E-state index contributed by atoms with van der Waals surface area (Å²) in [7, 11) is 1.44. The van der Waals surface area contributed by atoms with Crippen molar-refractivity contribution in [2.45, 2.75) is 13.5 Å². The van der Waals surface area contributed by atoms with Gasteiger partial charge in [0.15, 0.2) is 0 Å². The molecule has 0 aliphatic carbocycles. The monoisotopic (exact) mass is 352 g/mol. The zero-order valence-electron chi connectivity index (χ0n) is 13.3. The Kier molecular flexibility index (Phi) is 5.88. The van der Waals surface area contributed by atoms with Crippen molar-refractivity contribution in [3.63, 3.8) is 0 Å². The maximum absolute atomic E-state index is 11.5. The first-order valence-corrected chi connectivity index (χ1v) is 7.50. The van der Waals surface area contributed by atoms with E-state index >= 15 is 0 Å². The van der Waals surface area contributed by atoms with Gasteiger partial charge in [0, 0.05) is 30.9 Å². The molecule has 2 rings (SSSR count). The van der Waals surface area contributed by atoms with Crippen LogP contribution in [0.1, 0.15) is 11.1 Å². The number of nitrogens with zero attached hydrogens (tertiary/aromatic N) is 4. The molecule has 0 unspecified atom stereocenters. The summed E-state index contributed by atoms with van der Waals surface area (Å²) < 4.78 is 5.11. The standard InChI is InChI=1S/C15H17ClN4O4/c1-10-7-13(24-2)18-15(14(10)20(22)23)19(5-6-21)9-11-3-4-12(16)17-8-11/h3-4,7-8,21H,5-6,9H2,1-2H3. The van der Waals surface area contributed by atoms with Gasteiger partial charge in [0.05, 0.1) is 18.6 Å². The summed E-state index contributed by atoms with van der Waals surface area (Å²) in [5.41, 5.74) is 1.09. The zero-order chi connectivity index (χ0) is 17.7. The molecule has 0 aliphatic rings. The predicted molar refractivity (Wildman–Crippen MR) is 89.6 cm³/mol. The van der Waals surface area contributed by atoms with Crippen LogP contribution in [0.5, 0.6) is 5.88 Å². The van der Waals surface area contributed by atoms with Crippen LogP contribution in [0.25, 0.3) is 0 Å². The molecule has 0 aromatic carbocycles. The fourth-order valence-electron chi connectivity index (χ4n) is 2.27. The summed E-state index contributed by atoms with van der Waals surface area (Å²) in [5.74, 6) is 0.408. The third-order valence-electron chi connectivity index (χ3n) is 3.36. The van der Waals surface area contributed by atoms with Crippen molar-refractivity contribution in [1.82, 2.24) is 9.97 Å². The highest BCUT2D eigenvalue weighted by Gasteiger charge is 2.25. The molecule has 0 radical (unpaired) electrons. The Bertz CT molecular complexity index is 724. The van der Waals surface area contributed by atoms with Crippen molar-refractivity contribution < 1.29 is 14.8 Å². The molecule has 24 heavy (non-hydrogen) atoms. The summed E-state index contributed by atoms with van der Waals surface area (Å²) >= 11 is 5.77. The second-order valence-corrected chi connectivity index (χ2v) is 5.43. The van der Waals surface area contributed by atoms with Gasteiger partial charge in [-0.05, 0) is 18.6 Å². The van der Waals surface area contributed by atoms with Gasteiger partial charge in [-0.2, -0.15) is 4.98 Å². The fraction of sp³-hybridized carbons (Fsp3) is 0.333. The second-order valence-electron chi connectivity index (χ2n) is 5.05. The van der Waals surface area contributed by atoms with E-state index in [4.69, 9.17) is 16.3 Å². The topological polar surface area (TPSA) is 102 Å². The highest BCUT2D eigenvalue weighted by atomic mass is 35.5. The van der Waals surface area contributed by atoms with Crippen LogP contribution in [0.15, 0.2) is 24.4 Å². The number of hydrogen-bond acceptors (Lipinski definition) is 7. The number of nitro groups is 1. The lowest BCUT2D eigenvalue weighted by Crippen LogP contribution is -2.28. The van der Waals surface area contributed by atoms with Crippen LogP contribution < -0.4 is 9.64 Å². The number of pyridine rings is 2. The van der Waals surface area contributed by atoms with Crippen molar-refractivity contribution in [3.05, 3.63) is 50.8 Å². The highest BCUT2D eigenvalue weighted by Crippen LogP contribution is 2.33. The minimum Gasteiger partial charge on any atom is -0.481 e. The van der Waals surface area contributed by atoms with Gasteiger partial charge in [0.1, 0.15) is 5.15 Å². The predicted octanol–water partition coefficient (Wildman–Crippen LogP) is 2.35. The number of anilines is 1. The summed E-state index contributed by atoms with van der Waals surface area (Å²) in [5, 5.41) is 21.1. The minimum absolute atomic E-state index is 0.119. The molecule has 0 amide bonds. The van der Waals surface area contributed by atoms with Crippen LogP contribution in [0, 0.1) is 17.0 Å². The molecule has 0 spiro atoms. The number of rotatable bonds is 7. The van der Waals surface area contributed by atoms with Crippen molar-refractivity contribution in [1.29, 1.82) is 0 Å². The van der Waals surface area contributed by atoms with E-state index in [-0.39, 0.29) is 37.1 Å². The Morgan fingerprint density at radius 2 is 2.21 bits per heavy atom. The van der Waals surface area contributed by atoms with Gasteiger partial charge in [-0.3, -0.25) is 10.1 Å². The zero-order valence-corrected chi connectivity index (χ0v) is 14.0. The number of halogens is 1. The first kappa shape index (κ1) is 17.9. The van der Waals surface area contributed by atoms with E-state index in [0.717, 1.165) is 5.56 Å². The smallest absolute Gasteiger partial charge is 0.314 e. The van der Waals surface area contributed by atoms with E-state index in [9.17, 15) is 15.2 Å². The van der Waals surface area contributed by atoms with Crippen molar-refractivity contribution >= 4 is 23.1 Å². The first-order chi connectivity index (χ1) is 11.5. The van der Waals surface area contributed by atoms with E-state index in [2.05, 4.69) is 9.97 Å². The Morgan fingerprint density at radius 3 is 2.75 bits per heavy atom. The lowest BCUT2D eigenvalue weighted by atomic mass is 10.2. The number of methoxy groups -OCH3 is 1. The van der Waals surface area contributed by atoms with Gasteiger partial charge in [0.25, 0.3) is 0 Å². The number of aliphatic hydroxyl groups excluding tert-OH is 1. The van der Waals surface area contributed by atoms with Crippen LogP contribution in [-0.2, 0) is 6.54 Å². The SMILES string of the molecule is COc1cc(C)c([N+](=O)[O-])c(N(CCO)Cc2ccc(Cl)nc2)n1. The van der Waals surface area contributed by atoms with Gasteiger partial charge < -0.3 is 14.7 Å². The summed E-state index contributed by atoms with van der Waals surface area (Å²) in [6.07, 6.45) is 1.57. The van der Waals surface area contributed by atoms with Gasteiger partial charge in [-0.15, -0.1) is 0 Å². The Balaban J connectivity index is 2.47. The van der Waals surface area contributed by atoms with Gasteiger partial charge in [0.2, 0.25) is 11.7 Å². The van der Waals surface area contributed by atoms with Crippen LogP contribution in [0.3, 0.4) is 0 Å². The lowest BCUT2D eigenvalue weighted by molar-refractivity contribution is -0.384. The van der Waals surface area contributed by atoms with Gasteiger partial charge in [-0.1, -0.05) is 17.7 Å². The molecule has 0 aliphatic heterocycles. The molecule has 2 aromatic rings. The quantitative estimate of drug-likeness (QED) is 0.463. The normalized spacial score (nSPS) is 10.5. The lowest BCUT2D eigenvalue weighted by Gasteiger charge is -2.23. The average molecular weight is 353 g/mol. The molecule has 0 atom stereocenters. The second kappa shape index (κ2) is 7.89. The van der Waals surface area contributed by atoms with Crippen molar-refractivity contribution in [3.8, 4) is 5.88 Å².